The van der Waals surface area contributed by atoms with Crippen LogP contribution in [0.5, 0.6) is 0 Å². The Morgan fingerprint density at radius 2 is 2.00 bits per heavy atom. The molecule has 6 nitrogen and oxygen atoms in total. The number of rotatable bonds is 2. The lowest BCUT2D eigenvalue weighted by Crippen LogP contribution is -2.17. The first kappa shape index (κ1) is 14.3. The zero-order valence-electron chi connectivity index (χ0n) is 12.9. The molecule has 0 aliphatic heterocycles. The van der Waals surface area contributed by atoms with Crippen LogP contribution < -0.4 is 0 Å². The topological polar surface area (TPSA) is 81.2 Å². The van der Waals surface area contributed by atoms with Gasteiger partial charge in [-0.2, -0.15) is 0 Å². The maximum absolute atomic E-state index is 10.9. The van der Waals surface area contributed by atoms with Crippen molar-refractivity contribution < 1.29 is 14.4 Å². The summed E-state index contributed by atoms with van der Waals surface area (Å²) in [6, 6.07) is 7.16. The fourth-order valence-electron chi connectivity index (χ4n) is 2.54. The molecule has 0 spiro atoms. The van der Waals surface area contributed by atoms with Gasteiger partial charge in [-0.05, 0) is 12.1 Å². The van der Waals surface area contributed by atoms with Crippen molar-refractivity contribution in [3.05, 3.63) is 35.9 Å². The number of carboxylic acids is 1. The summed E-state index contributed by atoms with van der Waals surface area (Å²) in [6.07, 6.45) is 0. The highest BCUT2D eigenvalue weighted by Crippen LogP contribution is 2.28. The molecule has 2 aromatic heterocycles. The molecule has 1 N–H and O–H groups in total. The molecule has 3 rings (SSSR count). The third-order valence-electron chi connectivity index (χ3n) is 3.57. The SMILES string of the molecule is Cn1c(C(C)(C)C)nc2cc(-c3cc(C(=O)O)on3)ccc21. The maximum atomic E-state index is 10.9. The lowest BCUT2D eigenvalue weighted by atomic mass is 9.96. The van der Waals surface area contributed by atoms with Crippen LogP contribution in [0.3, 0.4) is 0 Å². The summed E-state index contributed by atoms with van der Waals surface area (Å²) in [7, 11) is 1.99. The highest BCUT2D eigenvalue weighted by atomic mass is 16.5. The first-order valence-corrected chi connectivity index (χ1v) is 6.95. The fraction of sp³-hybridized carbons (Fsp3) is 0.312. The second-order valence-electron chi connectivity index (χ2n) is 6.33. The van der Waals surface area contributed by atoms with Gasteiger partial charge in [-0.15, -0.1) is 0 Å². The molecular weight excluding hydrogens is 282 g/mol. The summed E-state index contributed by atoms with van der Waals surface area (Å²) in [5.41, 5.74) is 3.09. The Morgan fingerprint density at radius 1 is 1.27 bits per heavy atom. The summed E-state index contributed by atoms with van der Waals surface area (Å²) in [5.74, 6) is -0.315. The molecule has 114 valence electrons. The van der Waals surface area contributed by atoms with E-state index < -0.39 is 5.97 Å². The molecule has 2 heterocycles. The van der Waals surface area contributed by atoms with Gasteiger partial charge in [-0.25, -0.2) is 9.78 Å². The molecule has 0 unspecified atom stereocenters. The monoisotopic (exact) mass is 299 g/mol. The van der Waals surface area contributed by atoms with Crippen LogP contribution in [0, 0.1) is 0 Å². The number of benzene rings is 1. The molecule has 0 bridgehead atoms. The van der Waals surface area contributed by atoms with Crippen LogP contribution in [-0.2, 0) is 12.5 Å². The third kappa shape index (κ3) is 2.26. The predicted molar refractivity (Wildman–Crippen MR) is 81.9 cm³/mol. The molecule has 0 aliphatic rings. The number of nitrogens with zero attached hydrogens (tertiary/aromatic N) is 3. The minimum atomic E-state index is -1.13. The number of fused-ring (bicyclic) bond motifs is 1. The first-order valence-electron chi connectivity index (χ1n) is 6.95. The van der Waals surface area contributed by atoms with Crippen LogP contribution in [0.2, 0.25) is 0 Å². The molecule has 0 saturated heterocycles. The lowest BCUT2D eigenvalue weighted by Gasteiger charge is -2.17. The molecule has 0 fully saturated rings. The number of hydrogen-bond acceptors (Lipinski definition) is 4. The van der Waals surface area contributed by atoms with Gasteiger partial charge >= 0.3 is 5.97 Å². The molecule has 0 amide bonds. The van der Waals surface area contributed by atoms with Crippen molar-refractivity contribution in [2.24, 2.45) is 7.05 Å². The largest absolute Gasteiger partial charge is 0.475 e. The maximum Gasteiger partial charge on any atom is 0.374 e. The molecule has 3 aromatic rings. The lowest BCUT2D eigenvalue weighted by molar-refractivity contribution is 0.0652. The van der Waals surface area contributed by atoms with Gasteiger partial charge in [0, 0.05) is 24.1 Å². The molecule has 0 saturated carbocycles. The first-order chi connectivity index (χ1) is 10.3. The van der Waals surface area contributed by atoms with E-state index in [1.807, 2.05) is 25.2 Å². The van der Waals surface area contributed by atoms with E-state index in [2.05, 4.69) is 30.5 Å². The van der Waals surface area contributed by atoms with Crippen molar-refractivity contribution in [2.45, 2.75) is 26.2 Å². The molecule has 1 aromatic carbocycles. The van der Waals surface area contributed by atoms with Crippen LogP contribution >= 0.6 is 0 Å². The Kier molecular flexibility index (Phi) is 3.05. The van der Waals surface area contributed by atoms with Crippen molar-refractivity contribution in [1.82, 2.24) is 14.7 Å². The molecule has 6 heteroatoms. The average molecular weight is 299 g/mol. The fourth-order valence-corrected chi connectivity index (χ4v) is 2.54. The summed E-state index contributed by atoms with van der Waals surface area (Å²) < 4.78 is 6.87. The number of aromatic nitrogens is 3. The Balaban J connectivity index is 2.11. The van der Waals surface area contributed by atoms with Crippen LogP contribution in [0.1, 0.15) is 37.2 Å². The van der Waals surface area contributed by atoms with Crippen LogP contribution in [0.4, 0.5) is 0 Å². The number of imidazole rings is 1. The highest BCUT2D eigenvalue weighted by Gasteiger charge is 2.21. The Hall–Kier alpha value is -2.63. The van der Waals surface area contributed by atoms with E-state index >= 15 is 0 Å². The smallest absolute Gasteiger partial charge is 0.374 e. The quantitative estimate of drug-likeness (QED) is 0.785. The number of carbonyl (C=O) groups is 1. The second kappa shape index (κ2) is 4.69. The minimum absolute atomic E-state index is 0.0572. The summed E-state index contributed by atoms with van der Waals surface area (Å²) in [6.45, 7) is 6.35. The Bertz CT molecular complexity index is 869. The number of hydrogen-bond donors (Lipinski definition) is 1. The van der Waals surface area contributed by atoms with Crippen molar-refractivity contribution in [3.63, 3.8) is 0 Å². The molecule has 0 atom stereocenters. The number of aryl methyl sites for hydroxylation is 1. The molecular formula is C16H17N3O3. The average Bonchev–Trinajstić information content (AvgIpc) is 3.03. The highest BCUT2D eigenvalue weighted by molar-refractivity contribution is 5.87. The van der Waals surface area contributed by atoms with E-state index in [4.69, 9.17) is 14.6 Å². The van der Waals surface area contributed by atoms with Crippen LogP contribution in [0.25, 0.3) is 22.3 Å². The normalized spacial score (nSPS) is 12.0. The van der Waals surface area contributed by atoms with Gasteiger partial charge in [0.2, 0.25) is 5.76 Å². The number of carboxylic acid groups (broad SMARTS) is 1. The van der Waals surface area contributed by atoms with Gasteiger partial charge in [-0.3, -0.25) is 0 Å². The molecule has 0 radical (unpaired) electrons. The Morgan fingerprint density at radius 3 is 2.59 bits per heavy atom. The number of aromatic carboxylic acids is 1. The standard InChI is InChI=1S/C16H17N3O3/c1-16(2,3)15-17-11-7-9(5-6-12(11)19(15)4)10-8-13(14(20)21)22-18-10/h5-8H,1-4H3,(H,20,21). The summed E-state index contributed by atoms with van der Waals surface area (Å²) in [5, 5.41) is 12.7. The van der Waals surface area contributed by atoms with Gasteiger partial charge in [0.15, 0.2) is 0 Å². The minimum Gasteiger partial charge on any atom is -0.475 e. The van der Waals surface area contributed by atoms with Crippen molar-refractivity contribution in [3.8, 4) is 11.3 Å². The van der Waals surface area contributed by atoms with Gasteiger partial charge in [0.05, 0.1) is 11.0 Å². The second-order valence-corrected chi connectivity index (χ2v) is 6.33. The van der Waals surface area contributed by atoms with Crippen molar-refractivity contribution >= 4 is 17.0 Å². The van der Waals surface area contributed by atoms with E-state index in [0.717, 1.165) is 22.4 Å². The van der Waals surface area contributed by atoms with E-state index in [1.165, 1.54) is 6.07 Å². The summed E-state index contributed by atoms with van der Waals surface area (Å²) >= 11 is 0. The predicted octanol–water partition coefficient (Wildman–Crippen LogP) is 3.22. The van der Waals surface area contributed by atoms with Gasteiger partial charge < -0.3 is 14.2 Å². The summed E-state index contributed by atoms with van der Waals surface area (Å²) in [4.78, 5) is 15.6. The van der Waals surface area contributed by atoms with Crippen LogP contribution in [0.15, 0.2) is 28.8 Å². The van der Waals surface area contributed by atoms with E-state index in [1.54, 1.807) is 0 Å². The van der Waals surface area contributed by atoms with Crippen LogP contribution in [-0.4, -0.2) is 25.8 Å². The van der Waals surface area contributed by atoms with Crippen molar-refractivity contribution in [2.75, 3.05) is 0 Å². The van der Waals surface area contributed by atoms with Gasteiger partial charge in [-0.1, -0.05) is 32.0 Å². The van der Waals surface area contributed by atoms with E-state index in [0.29, 0.717) is 5.69 Å². The third-order valence-corrected chi connectivity index (χ3v) is 3.57. The zero-order chi connectivity index (χ0) is 16.1. The van der Waals surface area contributed by atoms with Gasteiger partial charge in [0.1, 0.15) is 11.5 Å². The molecule has 0 aliphatic carbocycles. The van der Waals surface area contributed by atoms with Gasteiger partial charge in [0.25, 0.3) is 0 Å². The molecule has 22 heavy (non-hydrogen) atoms. The van der Waals surface area contributed by atoms with Crippen molar-refractivity contribution in [1.29, 1.82) is 0 Å². The van der Waals surface area contributed by atoms with E-state index in [-0.39, 0.29) is 11.2 Å². The van der Waals surface area contributed by atoms with E-state index in [9.17, 15) is 4.79 Å². The zero-order valence-corrected chi connectivity index (χ0v) is 12.9. The Labute approximate surface area is 127 Å².